The molecule has 1 fully saturated rings. The van der Waals surface area contributed by atoms with Gasteiger partial charge in [-0.3, -0.25) is 4.79 Å². The Kier molecular flexibility index (Phi) is 6.59. The second-order valence-corrected chi connectivity index (χ2v) is 9.18. The first-order valence-electron chi connectivity index (χ1n) is 9.90. The molecule has 2 aromatic carbocycles. The zero-order valence-electron chi connectivity index (χ0n) is 17.1. The van der Waals surface area contributed by atoms with E-state index in [0.717, 1.165) is 24.2 Å². The Balaban J connectivity index is 1.75. The quantitative estimate of drug-likeness (QED) is 0.678. The fraction of sp³-hybridized carbons (Fsp3) is 0.409. The van der Waals surface area contributed by atoms with E-state index in [1.165, 1.54) is 12.1 Å². The van der Waals surface area contributed by atoms with Crippen molar-refractivity contribution in [2.45, 2.75) is 56.6 Å². The summed E-state index contributed by atoms with van der Waals surface area (Å²) >= 11 is 0. The summed E-state index contributed by atoms with van der Waals surface area (Å²) in [6.45, 7) is 4.26. The smallest absolute Gasteiger partial charge is 0.254 e. The van der Waals surface area contributed by atoms with Gasteiger partial charge in [0.15, 0.2) is 0 Å². The van der Waals surface area contributed by atoms with Crippen LogP contribution in [0, 0.1) is 0 Å². The molecule has 3 rings (SSSR count). The van der Waals surface area contributed by atoms with Crippen molar-refractivity contribution in [3.8, 4) is 5.75 Å². The predicted octanol–water partition coefficient (Wildman–Crippen LogP) is 3.58. The van der Waals surface area contributed by atoms with Gasteiger partial charge in [0.25, 0.3) is 5.91 Å². The number of carbonyl (C=O) groups excluding carboxylic acids is 1. The lowest BCUT2D eigenvalue weighted by Gasteiger charge is -2.23. The molecule has 0 spiro atoms. The minimum atomic E-state index is -3.58. The van der Waals surface area contributed by atoms with Gasteiger partial charge in [-0.15, -0.1) is 0 Å². The molecule has 2 aromatic rings. The Morgan fingerprint density at radius 1 is 1.14 bits per heavy atom. The number of carbonyl (C=O) groups is 1. The lowest BCUT2D eigenvalue weighted by Crippen LogP contribution is -2.33. The van der Waals surface area contributed by atoms with E-state index >= 15 is 0 Å². The van der Waals surface area contributed by atoms with Gasteiger partial charge in [0, 0.05) is 24.2 Å². The van der Waals surface area contributed by atoms with Crippen LogP contribution >= 0.6 is 0 Å². The third kappa shape index (κ3) is 5.36. The summed E-state index contributed by atoms with van der Waals surface area (Å²) in [4.78, 5) is 15.1. The van der Waals surface area contributed by atoms with Crippen LogP contribution in [0.3, 0.4) is 0 Å². The van der Waals surface area contributed by atoms with Crippen molar-refractivity contribution in [3.63, 3.8) is 0 Å². The van der Waals surface area contributed by atoms with E-state index in [1.807, 2.05) is 43.0 Å². The molecule has 0 aliphatic heterocycles. The van der Waals surface area contributed by atoms with Crippen molar-refractivity contribution in [1.29, 1.82) is 0 Å². The summed E-state index contributed by atoms with van der Waals surface area (Å²) in [6, 6.07) is 14.0. The van der Waals surface area contributed by atoms with Crippen LogP contribution in [0.15, 0.2) is 53.4 Å². The van der Waals surface area contributed by atoms with Gasteiger partial charge in [0.1, 0.15) is 5.75 Å². The second-order valence-electron chi connectivity index (χ2n) is 7.47. The van der Waals surface area contributed by atoms with E-state index in [2.05, 4.69) is 4.72 Å². The molecule has 1 aliphatic carbocycles. The maximum atomic E-state index is 13.1. The minimum absolute atomic E-state index is 0.0813. The SMILES string of the molecule is CC[C@H](C)NS(=O)(=O)c1ccc(C(=O)N(Cc2ccc(OC)cc2)C2CC2)cc1. The maximum absolute atomic E-state index is 13.1. The van der Waals surface area contributed by atoms with Crippen LogP contribution in [-0.4, -0.2) is 38.4 Å². The minimum Gasteiger partial charge on any atom is -0.497 e. The molecule has 1 atom stereocenters. The van der Waals surface area contributed by atoms with Gasteiger partial charge in [0.2, 0.25) is 10.0 Å². The van der Waals surface area contributed by atoms with E-state index in [-0.39, 0.29) is 22.9 Å². The molecule has 0 bridgehead atoms. The Morgan fingerprint density at radius 2 is 1.76 bits per heavy atom. The van der Waals surface area contributed by atoms with E-state index in [1.54, 1.807) is 19.2 Å². The Bertz CT molecular complexity index is 936. The van der Waals surface area contributed by atoms with E-state index in [0.29, 0.717) is 18.5 Å². The molecule has 0 saturated heterocycles. The zero-order valence-corrected chi connectivity index (χ0v) is 17.9. The lowest BCUT2D eigenvalue weighted by atomic mass is 10.1. The number of benzene rings is 2. The molecule has 0 unspecified atom stereocenters. The standard InChI is InChI=1S/C22H28N2O4S/c1-4-16(2)23-29(26,27)21-13-7-18(8-14-21)22(25)24(19-9-10-19)15-17-5-11-20(28-3)12-6-17/h5-8,11-14,16,19,23H,4,9-10,15H2,1-3H3/t16-/m0/s1. The molecule has 156 valence electrons. The summed E-state index contributed by atoms with van der Waals surface area (Å²) in [7, 11) is -1.96. The van der Waals surface area contributed by atoms with Crippen molar-refractivity contribution in [2.75, 3.05) is 7.11 Å². The predicted molar refractivity (Wildman–Crippen MR) is 112 cm³/mol. The number of amides is 1. The van der Waals surface area contributed by atoms with E-state index < -0.39 is 10.0 Å². The number of methoxy groups -OCH3 is 1. The molecule has 6 nitrogen and oxygen atoms in total. The summed E-state index contributed by atoms with van der Waals surface area (Å²) in [5.74, 6) is 0.697. The first kappa shape index (κ1) is 21.3. The normalized spacial score (nSPS) is 15.0. The number of hydrogen-bond donors (Lipinski definition) is 1. The van der Waals surface area contributed by atoms with Crippen molar-refractivity contribution < 1.29 is 17.9 Å². The van der Waals surface area contributed by atoms with Crippen molar-refractivity contribution in [1.82, 2.24) is 9.62 Å². The monoisotopic (exact) mass is 416 g/mol. The van der Waals surface area contributed by atoms with Gasteiger partial charge in [-0.05, 0) is 68.1 Å². The van der Waals surface area contributed by atoms with Gasteiger partial charge in [-0.25, -0.2) is 13.1 Å². The number of nitrogens with zero attached hydrogens (tertiary/aromatic N) is 1. The summed E-state index contributed by atoms with van der Waals surface area (Å²) < 4.78 is 32.6. The molecule has 0 aromatic heterocycles. The first-order valence-corrected chi connectivity index (χ1v) is 11.4. The van der Waals surface area contributed by atoms with Gasteiger partial charge in [-0.2, -0.15) is 0 Å². The molecule has 29 heavy (non-hydrogen) atoms. The molecular formula is C22H28N2O4S. The highest BCUT2D eigenvalue weighted by Gasteiger charge is 2.33. The molecule has 1 amide bonds. The first-order chi connectivity index (χ1) is 13.8. The van der Waals surface area contributed by atoms with Crippen LogP contribution < -0.4 is 9.46 Å². The van der Waals surface area contributed by atoms with Crippen LogP contribution in [0.25, 0.3) is 0 Å². The highest BCUT2D eigenvalue weighted by molar-refractivity contribution is 7.89. The van der Waals surface area contributed by atoms with Crippen LogP contribution in [-0.2, 0) is 16.6 Å². The molecule has 0 heterocycles. The Morgan fingerprint density at radius 3 is 2.28 bits per heavy atom. The van der Waals surface area contributed by atoms with Gasteiger partial charge >= 0.3 is 0 Å². The number of sulfonamides is 1. The van der Waals surface area contributed by atoms with Gasteiger partial charge in [0.05, 0.1) is 12.0 Å². The molecule has 1 aliphatic rings. The van der Waals surface area contributed by atoms with E-state index in [9.17, 15) is 13.2 Å². The van der Waals surface area contributed by atoms with Crippen molar-refractivity contribution in [2.24, 2.45) is 0 Å². The van der Waals surface area contributed by atoms with Gasteiger partial charge < -0.3 is 9.64 Å². The fourth-order valence-electron chi connectivity index (χ4n) is 3.04. The number of ether oxygens (including phenoxy) is 1. The lowest BCUT2D eigenvalue weighted by molar-refractivity contribution is 0.0730. The average molecular weight is 417 g/mol. The fourth-order valence-corrected chi connectivity index (χ4v) is 4.37. The molecule has 7 heteroatoms. The maximum Gasteiger partial charge on any atom is 0.254 e. The summed E-state index contributed by atoms with van der Waals surface area (Å²) in [6.07, 6.45) is 2.69. The van der Waals surface area contributed by atoms with Crippen LogP contribution in [0.2, 0.25) is 0 Å². The highest BCUT2D eigenvalue weighted by atomic mass is 32.2. The van der Waals surface area contributed by atoms with E-state index in [4.69, 9.17) is 4.74 Å². The average Bonchev–Trinajstić information content (AvgIpc) is 3.57. The van der Waals surface area contributed by atoms with Crippen molar-refractivity contribution >= 4 is 15.9 Å². The molecule has 1 saturated carbocycles. The van der Waals surface area contributed by atoms with Crippen molar-refractivity contribution in [3.05, 3.63) is 59.7 Å². The third-order valence-electron chi connectivity index (χ3n) is 5.14. The Labute approximate surface area is 172 Å². The van der Waals surface area contributed by atoms with Gasteiger partial charge in [-0.1, -0.05) is 19.1 Å². The third-order valence-corrected chi connectivity index (χ3v) is 6.75. The Hall–Kier alpha value is -2.38. The van der Waals surface area contributed by atoms with Crippen LogP contribution in [0.1, 0.15) is 49.0 Å². The van der Waals surface area contributed by atoms with Crippen LogP contribution in [0.4, 0.5) is 0 Å². The number of hydrogen-bond acceptors (Lipinski definition) is 4. The molecule has 0 radical (unpaired) electrons. The number of rotatable bonds is 9. The second kappa shape index (κ2) is 8.97. The largest absolute Gasteiger partial charge is 0.497 e. The van der Waals surface area contributed by atoms with Crippen LogP contribution in [0.5, 0.6) is 5.75 Å². The summed E-state index contributed by atoms with van der Waals surface area (Å²) in [5, 5.41) is 0. The summed E-state index contributed by atoms with van der Waals surface area (Å²) in [5.41, 5.74) is 1.52. The zero-order chi connectivity index (χ0) is 21.0. The molecular weight excluding hydrogens is 388 g/mol. The topological polar surface area (TPSA) is 75.7 Å². The highest BCUT2D eigenvalue weighted by Crippen LogP contribution is 2.30. The molecule has 1 N–H and O–H groups in total. The number of nitrogens with one attached hydrogen (secondary N) is 1.